The van der Waals surface area contributed by atoms with Crippen molar-refractivity contribution in [1.82, 2.24) is 10.2 Å². The van der Waals surface area contributed by atoms with Crippen LogP contribution in [0.3, 0.4) is 0 Å². The molecule has 1 heterocycles. The first-order chi connectivity index (χ1) is 10.7. The van der Waals surface area contributed by atoms with Gasteiger partial charge in [-0.3, -0.25) is 0 Å². The highest BCUT2D eigenvalue weighted by Crippen LogP contribution is 2.12. The molecule has 1 atom stereocenters. The maximum atomic E-state index is 12.3. The highest BCUT2D eigenvalue weighted by Gasteiger charge is 2.14. The molecule has 22 heavy (non-hydrogen) atoms. The first-order valence-electron chi connectivity index (χ1n) is 7.80. The number of carbonyl (C=O) groups is 1. The van der Waals surface area contributed by atoms with Gasteiger partial charge in [-0.05, 0) is 43.7 Å². The molecule has 0 saturated heterocycles. The van der Waals surface area contributed by atoms with Crippen LogP contribution in [0, 0.1) is 0 Å². The van der Waals surface area contributed by atoms with Crippen LogP contribution < -0.4 is 5.32 Å². The van der Waals surface area contributed by atoms with Gasteiger partial charge in [-0.1, -0.05) is 36.4 Å². The van der Waals surface area contributed by atoms with Gasteiger partial charge >= 0.3 is 6.03 Å². The number of rotatable bonds is 7. The Kier molecular flexibility index (Phi) is 6.46. The van der Waals surface area contributed by atoms with Crippen LogP contribution in [-0.4, -0.2) is 23.5 Å². The fourth-order valence-corrected chi connectivity index (χ4v) is 3.04. The van der Waals surface area contributed by atoms with Gasteiger partial charge < -0.3 is 10.2 Å². The number of aryl methyl sites for hydroxylation is 1. The van der Waals surface area contributed by atoms with Crippen molar-refractivity contribution in [3.8, 4) is 0 Å². The SMILES string of the molecule is CCN(Cc1cccs1)C(=O)NC(C)CCc1ccccc1. The lowest BCUT2D eigenvalue weighted by molar-refractivity contribution is 0.194. The van der Waals surface area contributed by atoms with E-state index in [0.29, 0.717) is 6.54 Å². The van der Waals surface area contributed by atoms with Crippen molar-refractivity contribution in [2.75, 3.05) is 6.54 Å². The minimum atomic E-state index is 0.0245. The molecule has 118 valence electrons. The molecule has 4 heteroatoms. The summed E-state index contributed by atoms with van der Waals surface area (Å²) in [5.74, 6) is 0. The summed E-state index contributed by atoms with van der Waals surface area (Å²) in [6, 6.07) is 14.7. The van der Waals surface area contributed by atoms with E-state index in [4.69, 9.17) is 0 Å². The Balaban J connectivity index is 1.79. The van der Waals surface area contributed by atoms with Gasteiger partial charge in [0.15, 0.2) is 0 Å². The predicted octanol–water partition coefficient (Wildman–Crippen LogP) is 4.30. The minimum absolute atomic E-state index is 0.0245. The van der Waals surface area contributed by atoms with E-state index in [1.807, 2.05) is 29.3 Å². The van der Waals surface area contributed by atoms with Crippen molar-refractivity contribution in [1.29, 1.82) is 0 Å². The average molecular weight is 316 g/mol. The second-order valence-electron chi connectivity index (χ2n) is 5.47. The summed E-state index contributed by atoms with van der Waals surface area (Å²) < 4.78 is 0. The van der Waals surface area contributed by atoms with E-state index in [1.54, 1.807) is 11.3 Å². The van der Waals surface area contributed by atoms with Crippen molar-refractivity contribution in [3.63, 3.8) is 0 Å². The average Bonchev–Trinajstić information content (AvgIpc) is 3.04. The number of nitrogens with zero attached hydrogens (tertiary/aromatic N) is 1. The summed E-state index contributed by atoms with van der Waals surface area (Å²) in [6.45, 7) is 5.49. The van der Waals surface area contributed by atoms with E-state index in [0.717, 1.165) is 19.4 Å². The maximum absolute atomic E-state index is 12.3. The van der Waals surface area contributed by atoms with Gasteiger partial charge in [-0.15, -0.1) is 11.3 Å². The molecule has 0 fully saturated rings. The van der Waals surface area contributed by atoms with Gasteiger partial charge in [0.2, 0.25) is 0 Å². The molecule has 0 saturated carbocycles. The molecule has 0 radical (unpaired) electrons. The molecule has 1 unspecified atom stereocenters. The van der Waals surface area contributed by atoms with Crippen LogP contribution in [0.4, 0.5) is 4.79 Å². The van der Waals surface area contributed by atoms with Crippen molar-refractivity contribution < 1.29 is 4.79 Å². The van der Waals surface area contributed by atoms with Gasteiger partial charge in [0.05, 0.1) is 6.54 Å². The molecular weight excluding hydrogens is 292 g/mol. The second kappa shape index (κ2) is 8.59. The quantitative estimate of drug-likeness (QED) is 0.811. The van der Waals surface area contributed by atoms with Crippen LogP contribution in [0.2, 0.25) is 0 Å². The number of hydrogen-bond acceptors (Lipinski definition) is 2. The molecular formula is C18H24N2OS. The van der Waals surface area contributed by atoms with Crippen LogP contribution >= 0.6 is 11.3 Å². The van der Waals surface area contributed by atoms with Crippen LogP contribution in [-0.2, 0) is 13.0 Å². The molecule has 0 aliphatic carbocycles. The monoisotopic (exact) mass is 316 g/mol. The fraction of sp³-hybridized carbons (Fsp3) is 0.389. The Bertz CT molecular complexity index is 554. The largest absolute Gasteiger partial charge is 0.336 e. The molecule has 2 amide bonds. The maximum Gasteiger partial charge on any atom is 0.317 e. The lowest BCUT2D eigenvalue weighted by Crippen LogP contribution is -2.43. The third kappa shape index (κ3) is 5.19. The van der Waals surface area contributed by atoms with Gasteiger partial charge in [-0.2, -0.15) is 0 Å². The summed E-state index contributed by atoms with van der Waals surface area (Å²) in [5.41, 5.74) is 1.31. The summed E-state index contributed by atoms with van der Waals surface area (Å²) in [5, 5.41) is 5.15. The van der Waals surface area contributed by atoms with E-state index in [2.05, 4.69) is 42.6 Å². The van der Waals surface area contributed by atoms with Crippen LogP contribution in [0.15, 0.2) is 47.8 Å². The fourth-order valence-electron chi connectivity index (χ4n) is 2.32. The summed E-state index contributed by atoms with van der Waals surface area (Å²) >= 11 is 1.69. The van der Waals surface area contributed by atoms with E-state index < -0.39 is 0 Å². The summed E-state index contributed by atoms with van der Waals surface area (Å²) in [7, 11) is 0. The normalized spacial score (nSPS) is 11.9. The molecule has 1 aromatic heterocycles. The van der Waals surface area contributed by atoms with E-state index in [-0.39, 0.29) is 12.1 Å². The van der Waals surface area contributed by atoms with Crippen molar-refractivity contribution in [2.24, 2.45) is 0 Å². The van der Waals surface area contributed by atoms with Crippen LogP contribution in [0.25, 0.3) is 0 Å². The molecule has 0 spiro atoms. The number of hydrogen-bond donors (Lipinski definition) is 1. The predicted molar refractivity (Wildman–Crippen MR) is 93.2 cm³/mol. The summed E-state index contributed by atoms with van der Waals surface area (Å²) in [6.07, 6.45) is 1.94. The number of amides is 2. The van der Waals surface area contributed by atoms with E-state index in [9.17, 15) is 4.79 Å². The Labute approximate surface area is 137 Å². The van der Waals surface area contributed by atoms with Crippen molar-refractivity contribution in [2.45, 2.75) is 39.3 Å². The number of nitrogens with one attached hydrogen (secondary N) is 1. The lowest BCUT2D eigenvalue weighted by atomic mass is 10.1. The zero-order chi connectivity index (χ0) is 15.8. The van der Waals surface area contributed by atoms with Gasteiger partial charge in [0.1, 0.15) is 0 Å². The van der Waals surface area contributed by atoms with Gasteiger partial charge in [0.25, 0.3) is 0 Å². The molecule has 0 aliphatic rings. The van der Waals surface area contributed by atoms with E-state index in [1.165, 1.54) is 10.4 Å². The Morgan fingerprint density at radius 1 is 1.23 bits per heavy atom. The third-order valence-corrected chi connectivity index (χ3v) is 4.54. The Hall–Kier alpha value is -1.81. The van der Waals surface area contributed by atoms with Gasteiger partial charge in [-0.25, -0.2) is 4.79 Å². The number of carbonyl (C=O) groups excluding carboxylic acids is 1. The van der Waals surface area contributed by atoms with Crippen LogP contribution in [0.5, 0.6) is 0 Å². The number of thiophene rings is 1. The molecule has 0 aliphatic heterocycles. The lowest BCUT2D eigenvalue weighted by Gasteiger charge is -2.23. The first-order valence-corrected chi connectivity index (χ1v) is 8.68. The summed E-state index contributed by atoms with van der Waals surface area (Å²) in [4.78, 5) is 15.4. The minimum Gasteiger partial charge on any atom is -0.336 e. The van der Waals surface area contributed by atoms with E-state index >= 15 is 0 Å². The standard InChI is InChI=1S/C18H24N2OS/c1-3-20(14-17-10-7-13-22-17)18(21)19-15(2)11-12-16-8-5-4-6-9-16/h4-10,13,15H,3,11-12,14H2,1-2H3,(H,19,21). The van der Waals surface area contributed by atoms with Crippen LogP contribution in [0.1, 0.15) is 30.7 Å². The third-order valence-electron chi connectivity index (χ3n) is 3.67. The van der Waals surface area contributed by atoms with Gasteiger partial charge in [0, 0.05) is 17.5 Å². The highest BCUT2D eigenvalue weighted by atomic mass is 32.1. The van der Waals surface area contributed by atoms with Crippen molar-refractivity contribution >= 4 is 17.4 Å². The number of urea groups is 1. The smallest absolute Gasteiger partial charge is 0.317 e. The highest BCUT2D eigenvalue weighted by molar-refractivity contribution is 7.09. The zero-order valence-corrected chi connectivity index (χ0v) is 14.1. The molecule has 2 aromatic rings. The Morgan fingerprint density at radius 3 is 2.64 bits per heavy atom. The molecule has 2 rings (SSSR count). The second-order valence-corrected chi connectivity index (χ2v) is 6.50. The zero-order valence-electron chi connectivity index (χ0n) is 13.3. The topological polar surface area (TPSA) is 32.3 Å². The first kappa shape index (κ1) is 16.6. The molecule has 0 bridgehead atoms. The van der Waals surface area contributed by atoms with Crippen molar-refractivity contribution in [3.05, 3.63) is 58.3 Å². The molecule has 1 aromatic carbocycles. The Morgan fingerprint density at radius 2 is 2.00 bits per heavy atom. The molecule has 1 N–H and O–H groups in total. The number of benzene rings is 1. The molecule has 3 nitrogen and oxygen atoms in total.